The van der Waals surface area contributed by atoms with Crippen LogP contribution in [0.5, 0.6) is 0 Å². The number of aryl methyl sites for hydroxylation is 1. The first-order valence-electron chi connectivity index (χ1n) is 11.1. The van der Waals surface area contributed by atoms with Crippen LogP contribution in [0.3, 0.4) is 0 Å². The molecule has 8 nitrogen and oxygen atoms in total. The van der Waals surface area contributed by atoms with Crippen LogP contribution in [0, 0.1) is 0 Å². The van der Waals surface area contributed by atoms with E-state index in [1.165, 1.54) is 28.7 Å². The second-order valence-electron chi connectivity index (χ2n) is 7.73. The SMILES string of the molecule is CCCCn1c(=NC(=O)c2ccc(Cl)cc2Cl)c(C(=O)OCC)cc2c(=O)n3ccccc3nc21. The zero-order chi connectivity index (χ0) is 25.1. The van der Waals surface area contributed by atoms with Crippen molar-refractivity contribution in [1.82, 2.24) is 14.0 Å². The minimum Gasteiger partial charge on any atom is -0.462 e. The standard InChI is InChI=1S/C25H22Cl2N4O4/c1-3-5-11-31-21-17(24(33)30-12-7-6-8-20(30)28-21)14-18(25(34)35-4-2)22(31)29-23(32)16-10-9-15(26)13-19(16)27/h6-10,12-14H,3-5,11H2,1-2H3. The highest BCUT2D eigenvalue weighted by molar-refractivity contribution is 6.36. The van der Waals surface area contributed by atoms with Crippen molar-refractivity contribution in [3.05, 3.63) is 85.7 Å². The number of esters is 1. The van der Waals surface area contributed by atoms with Crippen LogP contribution >= 0.6 is 23.2 Å². The van der Waals surface area contributed by atoms with E-state index in [-0.39, 0.29) is 39.2 Å². The average molecular weight is 513 g/mol. The molecular formula is C25H22Cl2N4O4. The zero-order valence-corrected chi connectivity index (χ0v) is 20.6. The van der Waals surface area contributed by atoms with Crippen molar-refractivity contribution in [2.45, 2.75) is 33.2 Å². The smallest absolute Gasteiger partial charge is 0.341 e. The summed E-state index contributed by atoms with van der Waals surface area (Å²) in [6.45, 7) is 4.15. The highest BCUT2D eigenvalue weighted by atomic mass is 35.5. The molecule has 1 amide bonds. The van der Waals surface area contributed by atoms with E-state index in [1.807, 2.05) is 6.92 Å². The first-order valence-corrected chi connectivity index (χ1v) is 11.9. The molecule has 0 aliphatic carbocycles. The van der Waals surface area contributed by atoms with E-state index in [9.17, 15) is 14.4 Å². The lowest BCUT2D eigenvalue weighted by atomic mass is 10.2. The number of ether oxygens (including phenoxy) is 1. The lowest BCUT2D eigenvalue weighted by molar-refractivity contribution is 0.0523. The van der Waals surface area contributed by atoms with E-state index in [1.54, 1.807) is 35.9 Å². The second kappa shape index (κ2) is 10.4. The Morgan fingerprint density at radius 3 is 2.60 bits per heavy atom. The number of hydrogen-bond acceptors (Lipinski definition) is 5. The fraction of sp³-hybridized carbons (Fsp3) is 0.240. The molecule has 3 aromatic heterocycles. The molecule has 3 heterocycles. The number of carbonyl (C=O) groups is 2. The van der Waals surface area contributed by atoms with Gasteiger partial charge < -0.3 is 9.30 Å². The molecule has 0 N–H and O–H groups in total. The van der Waals surface area contributed by atoms with Crippen molar-refractivity contribution in [2.75, 3.05) is 6.61 Å². The van der Waals surface area contributed by atoms with Gasteiger partial charge in [-0.1, -0.05) is 42.6 Å². The van der Waals surface area contributed by atoms with Gasteiger partial charge in [0, 0.05) is 17.8 Å². The molecular weight excluding hydrogens is 491 g/mol. The number of pyridine rings is 2. The van der Waals surface area contributed by atoms with E-state index in [0.29, 0.717) is 29.3 Å². The summed E-state index contributed by atoms with van der Waals surface area (Å²) in [4.78, 5) is 48.4. The van der Waals surface area contributed by atoms with E-state index in [2.05, 4.69) is 9.98 Å². The van der Waals surface area contributed by atoms with E-state index in [0.717, 1.165) is 6.42 Å². The molecule has 4 aromatic rings. The van der Waals surface area contributed by atoms with Crippen LogP contribution in [0.4, 0.5) is 0 Å². The van der Waals surface area contributed by atoms with Crippen LogP contribution in [0.1, 0.15) is 47.4 Å². The quantitative estimate of drug-likeness (QED) is 0.276. The Kier molecular flexibility index (Phi) is 7.33. The highest BCUT2D eigenvalue weighted by Crippen LogP contribution is 2.22. The topological polar surface area (TPSA) is 95.0 Å². The monoisotopic (exact) mass is 512 g/mol. The van der Waals surface area contributed by atoms with Gasteiger partial charge in [0.1, 0.15) is 16.9 Å². The van der Waals surface area contributed by atoms with Gasteiger partial charge in [-0.3, -0.25) is 14.0 Å². The molecule has 0 atom stereocenters. The maximum Gasteiger partial charge on any atom is 0.341 e. The molecule has 4 rings (SSSR count). The lowest BCUT2D eigenvalue weighted by Gasteiger charge is -2.15. The summed E-state index contributed by atoms with van der Waals surface area (Å²) in [6, 6.07) is 11.0. The van der Waals surface area contributed by atoms with Crippen molar-refractivity contribution in [3.63, 3.8) is 0 Å². The highest BCUT2D eigenvalue weighted by Gasteiger charge is 2.20. The maximum atomic E-state index is 13.3. The molecule has 0 aliphatic heterocycles. The van der Waals surface area contributed by atoms with Crippen LogP contribution in [-0.4, -0.2) is 32.4 Å². The summed E-state index contributed by atoms with van der Waals surface area (Å²) < 4.78 is 8.26. The van der Waals surface area contributed by atoms with E-state index < -0.39 is 11.9 Å². The molecule has 0 spiro atoms. The predicted molar refractivity (Wildman–Crippen MR) is 134 cm³/mol. The minimum absolute atomic E-state index is 0.0105. The second-order valence-corrected chi connectivity index (χ2v) is 8.58. The Morgan fingerprint density at radius 1 is 1.09 bits per heavy atom. The number of amides is 1. The Hall–Kier alpha value is -3.49. The fourth-order valence-electron chi connectivity index (χ4n) is 3.70. The van der Waals surface area contributed by atoms with Gasteiger partial charge in [-0.25, -0.2) is 9.78 Å². The van der Waals surface area contributed by atoms with Crippen LogP contribution in [0.25, 0.3) is 16.7 Å². The van der Waals surface area contributed by atoms with Crippen molar-refractivity contribution in [3.8, 4) is 0 Å². The Labute approximate surface area is 210 Å². The Bertz CT molecular complexity index is 1590. The lowest BCUT2D eigenvalue weighted by Crippen LogP contribution is -2.33. The number of halogens is 2. The number of aromatic nitrogens is 3. The zero-order valence-electron chi connectivity index (χ0n) is 19.1. The molecule has 10 heteroatoms. The van der Waals surface area contributed by atoms with Crippen LogP contribution in [-0.2, 0) is 11.3 Å². The molecule has 0 radical (unpaired) electrons. The Balaban J connectivity index is 2.11. The molecule has 0 saturated heterocycles. The first-order chi connectivity index (χ1) is 16.8. The van der Waals surface area contributed by atoms with Crippen LogP contribution in [0.15, 0.2) is 58.4 Å². The maximum absolute atomic E-state index is 13.3. The normalized spacial score (nSPS) is 11.8. The minimum atomic E-state index is -0.703. The summed E-state index contributed by atoms with van der Waals surface area (Å²) >= 11 is 12.2. The van der Waals surface area contributed by atoms with Gasteiger partial charge in [-0.05, 0) is 49.7 Å². The molecule has 0 aliphatic rings. The van der Waals surface area contributed by atoms with Gasteiger partial charge >= 0.3 is 5.97 Å². The molecule has 1 aromatic carbocycles. The summed E-state index contributed by atoms with van der Waals surface area (Å²) in [5.41, 5.74) is 0.560. The number of fused-ring (bicyclic) bond motifs is 2. The number of nitrogens with zero attached hydrogens (tertiary/aromatic N) is 4. The third-order valence-electron chi connectivity index (χ3n) is 5.39. The van der Waals surface area contributed by atoms with Crippen LogP contribution in [0.2, 0.25) is 10.0 Å². The summed E-state index contributed by atoms with van der Waals surface area (Å²) in [5, 5.41) is 0.718. The summed E-state index contributed by atoms with van der Waals surface area (Å²) in [6.07, 6.45) is 3.12. The molecule has 35 heavy (non-hydrogen) atoms. The van der Waals surface area contributed by atoms with Crippen LogP contribution < -0.4 is 11.0 Å². The average Bonchev–Trinajstić information content (AvgIpc) is 2.83. The summed E-state index contributed by atoms with van der Waals surface area (Å²) in [5.74, 6) is -1.37. The van der Waals surface area contributed by atoms with E-state index in [4.69, 9.17) is 27.9 Å². The van der Waals surface area contributed by atoms with Gasteiger partial charge in [-0.2, -0.15) is 4.99 Å². The first kappa shape index (κ1) is 24.6. The number of hydrogen-bond donors (Lipinski definition) is 0. The third kappa shape index (κ3) is 4.85. The fourth-order valence-corrected chi connectivity index (χ4v) is 4.19. The Morgan fingerprint density at radius 2 is 1.89 bits per heavy atom. The number of unbranched alkanes of at least 4 members (excludes halogenated alkanes) is 1. The van der Waals surface area contributed by atoms with Gasteiger partial charge in [0.05, 0.1) is 22.6 Å². The van der Waals surface area contributed by atoms with Gasteiger partial charge in [0.2, 0.25) is 0 Å². The largest absolute Gasteiger partial charge is 0.462 e. The van der Waals surface area contributed by atoms with E-state index >= 15 is 0 Å². The number of carbonyl (C=O) groups excluding carboxylic acids is 2. The van der Waals surface area contributed by atoms with Crippen molar-refractivity contribution >= 4 is 51.8 Å². The molecule has 0 saturated carbocycles. The third-order valence-corrected chi connectivity index (χ3v) is 5.94. The molecule has 0 unspecified atom stereocenters. The number of benzene rings is 1. The van der Waals surface area contributed by atoms with Gasteiger partial charge in [0.25, 0.3) is 11.5 Å². The van der Waals surface area contributed by atoms with Gasteiger partial charge in [0.15, 0.2) is 5.49 Å². The molecule has 180 valence electrons. The van der Waals surface area contributed by atoms with Gasteiger partial charge in [-0.15, -0.1) is 0 Å². The number of rotatable bonds is 6. The van der Waals surface area contributed by atoms with Crippen molar-refractivity contribution in [2.24, 2.45) is 4.99 Å². The summed E-state index contributed by atoms with van der Waals surface area (Å²) in [7, 11) is 0. The molecule has 0 bridgehead atoms. The molecule has 0 fully saturated rings. The predicted octanol–water partition coefficient (Wildman–Crippen LogP) is 4.67. The van der Waals surface area contributed by atoms with Crippen molar-refractivity contribution in [1.29, 1.82) is 0 Å². The van der Waals surface area contributed by atoms with Crippen molar-refractivity contribution < 1.29 is 14.3 Å².